The van der Waals surface area contributed by atoms with E-state index in [2.05, 4.69) is 5.32 Å². The Balaban J connectivity index is 2.41. The van der Waals surface area contributed by atoms with E-state index in [0.717, 1.165) is 23.2 Å². The molecule has 0 unspecified atom stereocenters. The van der Waals surface area contributed by atoms with E-state index in [4.69, 9.17) is 9.84 Å². The largest absolute Gasteiger partial charge is 0.492 e. The topological polar surface area (TPSA) is 58.6 Å². The van der Waals surface area contributed by atoms with Crippen LogP contribution < -0.4 is 10.1 Å². The quantitative estimate of drug-likeness (QED) is 0.526. The molecule has 16 heavy (non-hydrogen) atoms. The lowest BCUT2D eigenvalue weighted by Crippen LogP contribution is -2.22. The molecule has 1 aromatic rings. The second-order valence-corrected chi connectivity index (χ2v) is 3.53. The van der Waals surface area contributed by atoms with E-state index in [1.165, 1.54) is 0 Å². The minimum Gasteiger partial charge on any atom is -0.492 e. The molecular weight excluding hydrogens is 206 g/mol. The van der Waals surface area contributed by atoms with E-state index in [9.17, 15) is 4.79 Å². The number of aryl methyl sites for hydroxylation is 1. The molecule has 0 saturated heterocycles. The maximum absolute atomic E-state index is 10.0. The van der Waals surface area contributed by atoms with Crippen LogP contribution in [0.25, 0.3) is 0 Å². The minimum absolute atomic E-state index is 0.0153. The van der Waals surface area contributed by atoms with Gasteiger partial charge in [-0.1, -0.05) is 6.07 Å². The smallest absolute Gasteiger partial charge is 0.133 e. The third kappa shape index (κ3) is 4.42. The molecule has 0 fully saturated rings. The van der Waals surface area contributed by atoms with Gasteiger partial charge in [-0.25, -0.2) is 0 Å². The number of aliphatic hydroxyl groups excluding tert-OH is 1. The van der Waals surface area contributed by atoms with Crippen LogP contribution in [0.1, 0.15) is 11.1 Å². The number of nitrogens with one attached hydrogen (secondary N) is 1. The van der Waals surface area contributed by atoms with E-state index >= 15 is 0 Å². The highest BCUT2D eigenvalue weighted by Crippen LogP contribution is 2.16. The SMILES string of the molecule is Cc1cc(CO)cc(OCCNCC=O)c1. The molecule has 0 saturated carbocycles. The Hall–Kier alpha value is -1.39. The predicted molar refractivity (Wildman–Crippen MR) is 61.5 cm³/mol. The molecule has 88 valence electrons. The monoisotopic (exact) mass is 223 g/mol. The van der Waals surface area contributed by atoms with Crippen molar-refractivity contribution in [3.8, 4) is 5.75 Å². The van der Waals surface area contributed by atoms with Gasteiger partial charge in [-0.05, 0) is 30.2 Å². The van der Waals surface area contributed by atoms with Crippen LogP contribution in [0.3, 0.4) is 0 Å². The van der Waals surface area contributed by atoms with Gasteiger partial charge in [0.15, 0.2) is 0 Å². The molecule has 0 bridgehead atoms. The third-order valence-electron chi connectivity index (χ3n) is 2.07. The number of carbonyl (C=O) groups excluding carboxylic acids is 1. The average molecular weight is 223 g/mol. The Bertz CT molecular complexity index is 339. The molecule has 1 aromatic carbocycles. The standard InChI is InChI=1S/C12H17NO3/c1-10-6-11(9-15)8-12(7-10)16-5-3-13-2-4-14/h4,6-8,13,15H,2-3,5,9H2,1H3. The highest BCUT2D eigenvalue weighted by molar-refractivity contribution is 5.51. The fraction of sp³-hybridized carbons (Fsp3) is 0.417. The first-order chi connectivity index (χ1) is 7.76. The number of hydrogen-bond donors (Lipinski definition) is 2. The fourth-order valence-electron chi connectivity index (χ4n) is 1.40. The Morgan fingerprint density at radius 3 is 2.94 bits per heavy atom. The first kappa shape index (κ1) is 12.7. The number of hydrogen-bond acceptors (Lipinski definition) is 4. The first-order valence-corrected chi connectivity index (χ1v) is 5.25. The van der Waals surface area contributed by atoms with Crippen molar-refractivity contribution in [1.82, 2.24) is 5.32 Å². The molecule has 1 rings (SSSR count). The number of carbonyl (C=O) groups is 1. The summed E-state index contributed by atoms with van der Waals surface area (Å²) in [6.45, 7) is 3.44. The van der Waals surface area contributed by atoms with Crippen molar-refractivity contribution in [2.45, 2.75) is 13.5 Å². The van der Waals surface area contributed by atoms with Crippen molar-refractivity contribution in [2.24, 2.45) is 0 Å². The van der Waals surface area contributed by atoms with Gasteiger partial charge in [0.05, 0.1) is 13.2 Å². The second kappa shape index (κ2) is 6.98. The number of ether oxygens (including phenoxy) is 1. The predicted octanol–water partition coefficient (Wildman–Crippen LogP) is 0.655. The zero-order valence-electron chi connectivity index (χ0n) is 9.40. The molecule has 0 aliphatic heterocycles. The summed E-state index contributed by atoms with van der Waals surface area (Å²) in [6.07, 6.45) is 0.816. The molecule has 0 atom stereocenters. The molecule has 0 aliphatic rings. The van der Waals surface area contributed by atoms with E-state index in [1.807, 2.05) is 25.1 Å². The minimum atomic E-state index is 0.0153. The van der Waals surface area contributed by atoms with Crippen molar-refractivity contribution >= 4 is 6.29 Å². The highest BCUT2D eigenvalue weighted by Gasteiger charge is 1.98. The van der Waals surface area contributed by atoms with Crippen molar-refractivity contribution in [3.63, 3.8) is 0 Å². The van der Waals surface area contributed by atoms with Crippen molar-refractivity contribution in [3.05, 3.63) is 29.3 Å². The van der Waals surface area contributed by atoms with Gasteiger partial charge in [0.2, 0.25) is 0 Å². The average Bonchev–Trinajstić information content (AvgIpc) is 2.28. The summed E-state index contributed by atoms with van der Waals surface area (Å²) in [5.41, 5.74) is 1.90. The van der Waals surface area contributed by atoms with Crippen LogP contribution in [-0.2, 0) is 11.4 Å². The van der Waals surface area contributed by atoms with Gasteiger partial charge in [0, 0.05) is 6.54 Å². The van der Waals surface area contributed by atoms with Crippen LogP contribution in [0.15, 0.2) is 18.2 Å². The van der Waals surface area contributed by atoms with Crippen LogP contribution in [0, 0.1) is 6.92 Å². The van der Waals surface area contributed by atoms with E-state index < -0.39 is 0 Å². The fourth-order valence-corrected chi connectivity index (χ4v) is 1.40. The van der Waals surface area contributed by atoms with Gasteiger partial charge in [0.1, 0.15) is 18.6 Å². The van der Waals surface area contributed by atoms with Gasteiger partial charge in [-0.2, -0.15) is 0 Å². The van der Waals surface area contributed by atoms with Crippen LogP contribution in [0.4, 0.5) is 0 Å². The zero-order valence-corrected chi connectivity index (χ0v) is 9.40. The van der Waals surface area contributed by atoms with Crippen LogP contribution in [-0.4, -0.2) is 31.1 Å². The second-order valence-electron chi connectivity index (χ2n) is 3.53. The molecule has 4 nitrogen and oxygen atoms in total. The van der Waals surface area contributed by atoms with Crippen LogP contribution in [0.5, 0.6) is 5.75 Å². The Kier molecular flexibility index (Phi) is 5.53. The maximum Gasteiger partial charge on any atom is 0.133 e. The summed E-state index contributed by atoms with van der Waals surface area (Å²) < 4.78 is 5.49. The summed E-state index contributed by atoms with van der Waals surface area (Å²) >= 11 is 0. The molecule has 0 spiro atoms. The summed E-state index contributed by atoms with van der Waals surface area (Å²) in [5.74, 6) is 0.747. The molecule has 0 heterocycles. The number of rotatable bonds is 7. The lowest BCUT2D eigenvalue weighted by molar-refractivity contribution is -0.107. The molecule has 4 heteroatoms. The first-order valence-electron chi connectivity index (χ1n) is 5.25. The van der Waals surface area contributed by atoms with Crippen LogP contribution >= 0.6 is 0 Å². The highest BCUT2D eigenvalue weighted by atomic mass is 16.5. The van der Waals surface area contributed by atoms with Crippen molar-refractivity contribution in [2.75, 3.05) is 19.7 Å². The third-order valence-corrected chi connectivity index (χ3v) is 2.07. The van der Waals surface area contributed by atoms with Crippen molar-refractivity contribution < 1.29 is 14.6 Å². The molecule has 2 N–H and O–H groups in total. The lowest BCUT2D eigenvalue weighted by Gasteiger charge is -2.08. The summed E-state index contributed by atoms with van der Waals surface area (Å²) in [6, 6.07) is 5.64. The summed E-state index contributed by atoms with van der Waals surface area (Å²) in [7, 11) is 0. The van der Waals surface area contributed by atoms with E-state index in [0.29, 0.717) is 19.7 Å². The summed E-state index contributed by atoms with van der Waals surface area (Å²) in [5, 5.41) is 11.9. The van der Waals surface area contributed by atoms with E-state index in [-0.39, 0.29) is 6.61 Å². The normalized spacial score (nSPS) is 10.1. The molecule has 0 aromatic heterocycles. The Morgan fingerprint density at radius 1 is 1.44 bits per heavy atom. The maximum atomic E-state index is 10.0. The van der Waals surface area contributed by atoms with Gasteiger partial charge in [-0.3, -0.25) is 0 Å². The van der Waals surface area contributed by atoms with Crippen molar-refractivity contribution in [1.29, 1.82) is 0 Å². The van der Waals surface area contributed by atoms with Crippen LogP contribution in [0.2, 0.25) is 0 Å². The van der Waals surface area contributed by atoms with Gasteiger partial charge in [0.25, 0.3) is 0 Å². The zero-order chi connectivity index (χ0) is 11.8. The molecule has 0 amide bonds. The molecule has 0 aliphatic carbocycles. The van der Waals surface area contributed by atoms with E-state index in [1.54, 1.807) is 0 Å². The Labute approximate surface area is 95.2 Å². The number of aliphatic hydroxyl groups is 1. The molecule has 0 radical (unpaired) electrons. The van der Waals surface area contributed by atoms with Gasteiger partial charge in [-0.15, -0.1) is 0 Å². The van der Waals surface area contributed by atoms with Gasteiger partial charge < -0.3 is 20.0 Å². The lowest BCUT2D eigenvalue weighted by atomic mass is 10.1. The number of benzene rings is 1. The molecular formula is C12H17NO3. The summed E-state index contributed by atoms with van der Waals surface area (Å²) in [4.78, 5) is 10.0. The van der Waals surface area contributed by atoms with Gasteiger partial charge >= 0.3 is 0 Å². The number of aldehydes is 1. The Morgan fingerprint density at radius 2 is 2.25 bits per heavy atom.